The summed E-state index contributed by atoms with van der Waals surface area (Å²) in [7, 11) is 1.35. The van der Waals surface area contributed by atoms with Crippen molar-refractivity contribution in [3.63, 3.8) is 0 Å². The molecule has 2 amide bonds. The first-order valence-electron chi connectivity index (χ1n) is 10.9. The zero-order chi connectivity index (χ0) is 22.7. The first-order valence-corrected chi connectivity index (χ1v) is 11.3. The largest absolute Gasteiger partial charge is 0.465 e. The van der Waals surface area contributed by atoms with Gasteiger partial charge in [0.15, 0.2) is 0 Å². The highest BCUT2D eigenvalue weighted by molar-refractivity contribution is 6.30. The Morgan fingerprint density at radius 3 is 2.48 bits per heavy atom. The molecule has 2 aromatic carbocycles. The summed E-state index contributed by atoms with van der Waals surface area (Å²) in [6, 6.07) is 14.9. The summed E-state index contributed by atoms with van der Waals surface area (Å²) in [4.78, 5) is 28.6. The van der Waals surface area contributed by atoms with Gasteiger partial charge < -0.3 is 15.4 Å². The fourth-order valence-corrected chi connectivity index (χ4v) is 5.01. The lowest BCUT2D eigenvalue weighted by atomic mass is 9.68. The number of nitrogens with zero attached hydrogens (tertiary/aromatic N) is 2. The summed E-state index contributed by atoms with van der Waals surface area (Å²) in [6.45, 7) is 1.15. The molecule has 2 aliphatic rings. The van der Waals surface area contributed by atoms with Gasteiger partial charge in [-0.15, -0.1) is 12.4 Å². The quantitative estimate of drug-likeness (QED) is 0.589. The van der Waals surface area contributed by atoms with Gasteiger partial charge in [0.2, 0.25) is 0 Å². The third-order valence-corrected chi connectivity index (χ3v) is 6.99. The second-order valence-corrected chi connectivity index (χ2v) is 8.89. The minimum atomic E-state index is -0.399. The summed E-state index contributed by atoms with van der Waals surface area (Å²) in [5.74, 6) is -0.399. The van der Waals surface area contributed by atoms with Gasteiger partial charge in [-0.1, -0.05) is 23.7 Å². The molecule has 1 aliphatic carbocycles. The van der Waals surface area contributed by atoms with Gasteiger partial charge >= 0.3 is 12.0 Å². The van der Waals surface area contributed by atoms with Crippen LogP contribution in [0.25, 0.3) is 0 Å². The lowest BCUT2D eigenvalue weighted by molar-refractivity contribution is 0.0600. The van der Waals surface area contributed by atoms with E-state index >= 15 is 0 Å². The van der Waals surface area contributed by atoms with Crippen LogP contribution in [0.2, 0.25) is 5.02 Å². The van der Waals surface area contributed by atoms with Gasteiger partial charge in [0, 0.05) is 35.8 Å². The van der Waals surface area contributed by atoms with E-state index in [1.54, 1.807) is 35.4 Å². The van der Waals surface area contributed by atoms with Crippen LogP contribution in [0, 0.1) is 0 Å². The van der Waals surface area contributed by atoms with E-state index in [9.17, 15) is 9.59 Å². The number of rotatable bonds is 5. The minimum Gasteiger partial charge on any atom is -0.465 e. The van der Waals surface area contributed by atoms with Crippen molar-refractivity contribution in [2.45, 2.75) is 37.1 Å². The van der Waals surface area contributed by atoms with Crippen LogP contribution < -0.4 is 10.6 Å². The highest BCUT2D eigenvalue weighted by atomic mass is 35.5. The van der Waals surface area contributed by atoms with Crippen molar-refractivity contribution < 1.29 is 14.3 Å². The standard InChI is InChI=1S/C25H28ClN3O3.ClH/c1-32-23(30)18-6-8-21(9-7-18)28-14-3-15-29(24(28)31)22-10-12-25(17-27,13-11-22)19-4-2-5-20(26)16-19;/h2-9,14,16,22H,10-13,15,17,27H2,1H3;1H. The zero-order valence-corrected chi connectivity index (χ0v) is 20.1. The van der Waals surface area contributed by atoms with E-state index in [0.29, 0.717) is 18.7 Å². The molecule has 1 saturated carbocycles. The molecular weight excluding hydrogens is 461 g/mol. The molecule has 1 aliphatic heterocycles. The molecule has 2 aromatic rings. The monoisotopic (exact) mass is 489 g/mol. The van der Waals surface area contributed by atoms with E-state index in [1.807, 2.05) is 29.2 Å². The van der Waals surface area contributed by atoms with Crippen molar-refractivity contribution in [2.24, 2.45) is 5.73 Å². The summed E-state index contributed by atoms with van der Waals surface area (Å²) < 4.78 is 4.75. The van der Waals surface area contributed by atoms with Gasteiger partial charge in [0.1, 0.15) is 0 Å². The number of hydrogen-bond acceptors (Lipinski definition) is 4. The molecule has 6 nitrogen and oxygen atoms in total. The topological polar surface area (TPSA) is 75.9 Å². The third-order valence-electron chi connectivity index (χ3n) is 6.76. The molecule has 0 bridgehead atoms. The Morgan fingerprint density at radius 2 is 1.88 bits per heavy atom. The van der Waals surface area contributed by atoms with E-state index in [1.165, 1.54) is 12.7 Å². The number of hydrogen-bond donors (Lipinski definition) is 1. The van der Waals surface area contributed by atoms with Crippen LogP contribution in [0.15, 0.2) is 60.8 Å². The SMILES string of the molecule is COC(=O)c1ccc(N2C=CCN(C3CCC(CN)(c4cccc(Cl)c4)CC3)C2=O)cc1.Cl. The van der Waals surface area contributed by atoms with Crippen molar-refractivity contribution in [1.82, 2.24) is 4.90 Å². The highest BCUT2D eigenvalue weighted by Gasteiger charge is 2.39. The Labute approximate surface area is 205 Å². The number of nitrogens with two attached hydrogens (primary N) is 1. The number of urea groups is 1. The number of carbonyl (C=O) groups is 2. The predicted molar refractivity (Wildman–Crippen MR) is 133 cm³/mol. The van der Waals surface area contributed by atoms with Crippen LogP contribution in [-0.2, 0) is 10.2 Å². The van der Waals surface area contributed by atoms with Crippen LogP contribution in [-0.4, -0.2) is 43.1 Å². The molecule has 1 fully saturated rings. The number of carbonyl (C=O) groups excluding carboxylic acids is 2. The Balaban J connectivity index is 0.00000306. The lowest BCUT2D eigenvalue weighted by Crippen LogP contribution is -2.52. The third kappa shape index (κ3) is 5.03. The number of benzene rings is 2. The average Bonchev–Trinajstić information content (AvgIpc) is 2.84. The second kappa shape index (κ2) is 10.6. The second-order valence-electron chi connectivity index (χ2n) is 8.45. The fraction of sp³-hybridized carbons (Fsp3) is 0.360. The van der Waals surface area contributed by atoms with Crippen molar-refractivity contribution >= 4 is 41.7 Å². The first kappa shape index (κ1) is 25.1. The normalized spacial score (nSPS) is 22.6. The number of esters is 1. The van der Waals surface area contributed by atoms with Crippen molar-refractivity contribution in [1.29, 1.82) is 0 Å². The van der Waals surface area contributed by atoms with Crippen LogP contribution in [0.4, 0.5) is 10.5 Å². The Kier molecular flexibility index (Phi) is 8.05. The molecule has 4 rings (SSSR count). The van der Waals surface area contributed by atoms with Crippen molar-refractivity contribution in [3.05, 3.63) is 77.0 Å². The zero-order valence-electron chi connectivity index (χ0n) is 18.6. The fourth-order valence-electron chi connectivity index (χ4n) is 4.82. The lowest BCUT2D eigenvalue weighted by Gasteiger charge is -2.45. The van der Waals surface area contributed by atoms with Crippen LogP contribution >= 0.6 is 24.0 Å². The van der Waals surface area contributed by atoms with Gasteiger partial charge in [-0.05, 0) is 73.7 Å². The Hall–Kier alpha value is -2.54. The predicted octanol–water partition coefficient (Wildman–Crippen LogP) is 5.14. The molecule has 176 valence electrons. The molecule has 2 N–H and O–H groups in total. The maximum atomic E-state index is 13.3. The van der Waals surface area contributed by atoms with E-state index in [-0.39, 0.29) is 29.9 Å². The summed E-state index contributed by atoms with van der Waals surface area (Å²) >= 11 is 6.23. The summed E-state index contributed by atoms with van der Waals surface area (Å²) in [6.07, 6.45) is 7.39. The van der Waals surface area contributed by atoms with Crippen LogP contribution in [0.5, 0.6) is 0 Å². The van der Waals surface area contributed by atoms with Crippen molar-refractivity contribution in [3.8, 4) is 0 Å². The molecule has 0 spiro atoms. The summed E-state index contributed by atoms with van der Waals surface area (Å²) in [5, 5.41) is 0.725. The van der Waals surface area contributed by atoms with Gasteiger partial charge in [0.05, 0.1) is 18.4 Å². The number of anilines is 1. The van der Waals surface area contributed by atoms with E-state index < -0.39 is 5.97 Å². The van der Waals surface area contributed by atoms with Crippen molar-refractivity contribution in [2.75, 3.05) is 25.1 Å². The van der Waals surface area contributed by atoms with E-state index in [2.05, 4.69) is 6.07 Å². The highest BCUT2D eigenvalue weighted by Crippen LogP contribution is 2.41. The maximum absolute atomic E-state index is 13.3. The molecule has 0 saturated heterocycles. The number of halogens is 2. The first-order chi connectivity index (χ1) is 15.5. The van der Waals surface area contributed by atoms with E-state index in [0.717, 1.165) is 36.4 Å². The van der Waals surface area contributed by atoms with Crippen LogP contribution in [0.3, 0.4) is 0 Å². The molecule has 8 heteroatoms. The van der Waals surface area contributed by atoms with Gasteiger partial charge in [-0.25, -0.2) is 9.59 Å². The average molecular weight is 490 g/mol. The number of ether oxygens (including phenoxy) is 1. The Bertz CT molecular complexity index is 1020. The molecule has 33 heavy (non-hydrogen) atoms. The number of methoxy groups -OCH3 is 1. The molecule has 0 aromatic heterocycles. The summed E-state index contributed by atoms with van der Waals surface area (Å²) in [5.41, 5.74) is 8.49. The Morgan fingerprint density at radius 1 is 1.18 bits per heavy atom. The minimum absolute atomic E-state index is 0. The maximum Gasteiger partial charge on any atom is 0.337 e. The molecule has 0 atom stereocenters. The molecule has 0 radical (unpaired) electrons. The smallest absolute Gasteiger partial charge is 0.337 e. The van der Waals surface area contributed by atoms with Gasteiger partial charge in [0.25, 0.3) is 0 Å². The van der Waals surface area contributed by atoms with Gasteiger partial charge in [-0.3, -0.25) is 4.90 Å². The molecule has 0 unspecified atom stereocenters. The number of amides is 2. The molecular formula is C25H29Cl2N3O3. The van der Waals surface area contributed by atoms with E-state index in [4.69, 9.17) is 22.1 Å². The van der Waals surface area contributed by atoms with Gasteiger partial charge in [-0.2, -0.15) is 0 Å². The molecule has 1 heterocycles. The van der Waals surface area contributed by atoms with Crippen LogP contribution in [0.1, 0.15) is 41.6 Å².